The van der Waals surface area contributed by atoms with Crippen molar-refractivity contribution in [3.05, 3.63) is 59.2 Å². The third kappa shape index (κ3) is 8.12. The number of carbonyl (C=O) groups is 1. The van der Waals surface area contributed by atoms with Gasteiger partial charge in [-0.25, -0.2) is 0 Å². The van der Waals surface area contributed by atoms with Gasteiger partial charge in [-0.2, -0.15) is 0 Å². The second kappa shape index (κ2) is 13.7. The van der Waals surface area contributed by atoms with Gasteiger partial charge in [0.1, 0.15) is 0 Å². The first-order valence-electron chi connectivity index (χ1n) is 16.2. The Labute approximate surface area is 258 Å². The summed E-state index contributed by atoms with van der Waals surface area (Å²) >= 11 is 0. The lowest BCUT2D eigenvalue weighted by atomic mass is 9.85. The zero-order chi connectivity index (χ0) is 30.6. The topological polar surface area (TPSA) is 63.3 Å². The number of rotatable bonds is 11. The summed E-state index contributed by atoms with van der Waals surface area (Å²) in [6, 6.07) is 15.5. The molecule has 2 fully saturated rings. The lowest BCUT2D eigenvalue weighted by molar-refractivity contribution is -0.0439. The van der Waals surface area contributed by atoms with Crippen molar-refractivity contribution >= 4 is 12.0 Å². The van der Waals surface area contributed by atoms with E-state index in [9.17, 15) is 4.79 Å². The molecule has 1 saturated carbocycles. The standard InChI is InChI=1S/C36H51N3O4/c1-25(2)37-30-16-14-28(15-17-30)23-38-18-10-13-31(38)24-39(22-26(3)19-27-11-8-7-9-12-27)35(40)29-20-32(41-6)34-33(21-29)42-36(4,5)43-34/h7-9,11-12,19-21,25,28,30-31,37H,10,13-18,22-24H2,1-6H3/b26-19+/t28-,30+,31?. The number of methoxy groups -OCH3 is 1. The van der Waals surface area contributed by atoms with Crippen molar-refractivity contribution in [2.45, 2.75) is 97.1 Å². The van der Waals surface area contributed by atoms with Crippen molar-refractivity contribution in [1.82, 2.24) is 15.1 Å². The van der Waals surface area contributed by atoms with Gasteiger partial charge < -0.3 is 24.4 Å². The maximum atomic E-state index is 14.3. The Morgan fingerprint density at radius 3 is 2.56 bits per heavy atom. The zero-order valence-electron chi connectivity index (χ0n) is 27.0. The van der Waals surface area contributed by atoms with E-state index in [1.807, 2.05) is 43.0 Å². The van der Waals surface area contributed by atoms with Crippen LogP contribution >= 0.6 is 0 Å². The van der Waals surface area contributed by atoms with E-state index in [4.69, 9.17) is 14.2 Å². The van der Waals surface area contributed by atoms with Gasteiger partial charge in [-0.05, 0) is 75.6 Å². The molecular formula is C36H51N3O4. The highest BCUT2D eigenvalue weighted by atomic mass is 16.7. The molecule has 1 amide bonds. The fourth-order valence-electron chi connectivity index (χ4n) is 7.05. The van der Waals surface area contributed by atoms with Gasteiger partial charge in [-0.3, -0.25) is 9.69 Å². The van der Waals surface area contributed by atoms with E-state index in [0.29, 0.717) is 54.0 Å². The molecule has 2 heterocycles. The average Bonchev–Trinajstić information content (AvgIpc) is 3.54. The number of hydrogen-bond acceptors (Lipinski definition) is 6. The second-order valence-corrected chi connectivity index (χ2v) is 13.5. The predicted octanol–water partition coefficient (Wildman–Crippen LogP) is 6.77. The summed E-state index contributed by atoms with van der Waals surface area (Å²) in [5.74, 6) is 1.54. The van der Waals surface area contributed by atoms with E-state index in [1.54, 1.807) is 13.2 Å². The lowest BCUT2D eigenvalue weighted by Gasteiger charge is -2.36. The summed E-state index contributed by atoms with van der Waals surface area (Å²) < 4.78 is 17.6. The van der Waals surface area contributed by atoms with Gasteiger partial charge in [0.05, 0.1) is 7.11 Å². The van der Waals surface area contributed by atoms with Crippen LogP contribution in [0.5, 0.6) is 17.2 Å². The molecule has 3 aliphatic rings. The zero-order valence-corrected chi connectivity index (χ0v) is 27.0. The van der Waals surface area contributed by atoms with E-state index in [1.165, 1.54) is 32.1 Å². The molecule has 0 spiro atoms. The number of carbonyl (C=O) groups excluding carboxylic acids is 1. The van der Waals surface area contributed by atoms with Gasteiger partial charge >= 0.3 is 0 Å². The molecule has 0 radical (unpaired) electrons. The summed E-state index contributed by atoms with van der Waals surface area (Å²) in [5.41, 5.74) is 2.85. The highest BCUT2D eigenvalue weighted by Gasteiger charge is 2.37. The molecule has 0 aromatic heterocycles. The molecule has 1 N–H and O–H groups in total. The number of nitrogens with one attached hydrogen (secondary N) is 1. The molecule has 0 bridgehead atoms. The maximum absolute atomic E-state index is 14.3. The molecule has 5 rings (SSSR count). The summed E-state index contributed by atoms with van der Waals surface area (Å²) in [4.78, 5) is 19.0. The van der Waals surface area contributed by atoms with Gasteiger partial charge in [0, 0.05) is 57.2 Å². The number of fused-ring (bicyclic) bond motifs is 1. The molecule has 7 nitrogen and oxygen atoms in total. The minimum Gasteiger partial charge on any atom is -0.493 e. The smallest absolute Gasteiger partial charge is 0.254 e. The molecule has 2 aromatic rings. The van der Waals surface area contributed by atoms with Gasteiger partial charge in [0.2, 0.25) is 11.5 Å². The monoisotopic (exact) mass is 589 g/mol. The van der Waals surface area contributed by atoms with Crippen molar-refractivity contribution < 1.29 is 19.0 Å². The Morgan fingerprint density at radius 2 is 1.86 bits per heavy atom. The molecule has 234 valence electrons. The quantitative estimate of drug-likeness (QED) is 0.312. The van der Waals surface area contributed by atoms with Crippen LogP contribution in [0.15, 0.2) is 48.0 Å². The molecule has 1 aliphatic carbocycles. The molecule has 2 aromatic carbocycles. The maximum Gasteiger partial charge on any atom is 0.254 e. The number of likely N-dealkylation sites (tertiary alicyclic amines) is 1. The highest BCUT2D eigenvalue weighted by molar-refractivity contribution is 5.96. The summed E-state index contributed by atoms with van der Waals surface area (Å²) in [7, 11) is 1.60. The number of benzene rings is 2. The second-order valence-electron chi connectivity index (χ2n) is 13.5. The van der Waals surface area contributed by atoms with Crippen LogP contribution in [-0.2, 0) is 0 Å². The van der Waals surface area contributed by atoms with E-state index in [0.717, 1.165) is 36.6 Å². The molecule has 2 aliphatic heterocycles. The summed E-state index contributed by atoms with van der Waals surface area (Å²) in [5, 5.41) is 3.73. The van der Waals surface area contributed by atoms with Crippen LogP contribution in [0.4, 0.5) is 0 Å². The van der Waals surface area contributed by atoms with Crippen LogP contribution < -0.4 is 19.5 Å². The number of nitrogens with zero attached hydrogens (tertiary/aromatic N) is 2. The van der Waals surface area contributed by atoms with Crippen LogP contribution in [-0.4, -0.2) is 72.9 Å². The van der Waals surface area contributed by atoms with Gasteiger partial charge in [-0.15, -0.1) is 0 Å². The van der Waals surface area contributed by atoms with E-state index < -0.39 is 5.79 Å². The van der Waals surface area contributed by atoms with E-state index in [-0.39, 0.29) is 5.91 Å². The van der Waals surface area contributed by atoms with Crippen molar-refractivity contribution in [2.24, 2.45) is 5.92 Å². The molecular weight excluding hydrogens is 538 g/mol. The number of hydrogen-bond donors (Lipinski definition) is 1. The van der Waals surface area contributed by atoms with Crippen LogP contribution in [0.25, 0.3) is 6.08 Å². The third-order valence-corrected chi connectivity index (χ3v) is 8.97. The van der Waals surface area contributed by atoms with Crippen molar-refractivity contribution in [2.75, 3.05) is 33.3 Å². The van der Waals surface area contributed by atoms with Crippen LogP contribution in [0.3, 0.4) is 0 Å². The van der Waals surface area contributed by atoms with Crippen LogP contribution in [0.2, 0.25) is 0 Å². The average molecular weight is 590 g/mol. The van der Waals surface area contributed by atoms with Crippen LogP contribution in [0.1, 0.15) is 89.1 Å². The Bertz CT molecular complexity index is 1270. The van der Waals surface area contributed by atoms with E-state index in [2.05, 4.69) is 49.2 Å². The van der Waals surface area contributed by atoms with Gasteiger partial charge in [0.25, 0.3) is 5.91 Å². The Kier molecular flexibility index (Phi) is 10.0. The van der Waals surface area contributed by atoms with Gasteiger partial charge in [0.15, 0.2) is 11.5 Å². The predicted molar refractivity (Wildman–Crippen MR) is 173 cm³/mol. The number of ether oxygens (including phenoxy) is 3. The Balaban J connectivity index is 1.33. The fraction of sp³-hybridized carbons (Fsp3) is 0.583. The Morgan fingerprint density at radius 1 is 1.12 bits per heavy atom. The SMILES string of the molecule is COc1cc(C(=O)N(C/C(C)=C/c2ccccc2)CC2CCCN2C[C@H]2CC[C@@H](NC(C)C)CC2)cc2c1OC(C)(C)O2. The largest absolute Gasteiger partial charge is 0.493 e. The normalized spacial score (nSPS) is 23.5. The molecule has 1 atom stereocenters. The Hall–Kier alpha value is -3.03. The third-order valence-electron chi connectivity index (χ3n) is 8.97. The summed E-state index contributed by atoms with van der Waals surface area (Å²) in [6.07, 6.45) is 9.57. The molecule has 43 heavy (non-hydrogen) atoms. The molecule has 7 heteroatoms. The molecule has 1 unspecified atom stereocenters. The van der Waals surface area contributed by atoms with E-state index >= 15 is 0 Å². The van der Waals surface area contributed by atoms with Crippen molar-refractivity contribution in [3.8, 4) is 17.2 Å². The number of amides is 1. The minimum atomic E-state index is -0.805. The molecule has 1 saturated heterocycles. The minimum absolute atomic E-state index is 0.0117. The fourth-order valence-corrected chi connectivity index (χ4v) is 7.05. The van der Waals surface area contributed by atoms with Crippen LogP contribution in [0, 0.1) is 5.92 Å². The lowest BCUT2D eigenvalue weighted by Crippen LogP contribution is -2.46. The summed E-state index contributed by atoms with van der Waals surface area (Å²) in [6.45, 7) is 13.8. The van der Waals surface area contributed by atoms with Crippen molar-refractivity contribution in [3.63, 3.8) is 0 Å². The highest BCUT2D eigenvalue weighted by Crippen LogP contribution is 2.47. The van der Waals surface area contributed by atoms with Crippen molar-refractivity contribution in [1.29, 1.82) is 0 Å². The van der Waals surface area contributed by atoms with Gasteiger partial charge in [-0.1, -0.05) is 55.8 Å². The first-order chi connectivity index (χ1) is 20.6. The first kappa shape index (κ1) is 31.4. The first-order valence-corrected chi connectivity index (χ1v) is 16.2.